The number of carbonyl (C=O) groups is 3. The van der Waals surface area contributed by atoms with Gasteiger partial charge in [0, 0.05) is 42.1 Å². The largest absolute Gasteiger partial charge is 0.458 e. The van der Waals surface area contributed by atoms with Crippen LogP contribution in [0.4, 0.5) is 4.79 Å². The Morgan fingerprint density at radius 2 is 1.68 bits per heavy atom. The normalized spacial score (nSPS) is 16.1. The van der Waals surface area contributed by atoms with E-state index in [1.807, 2.05) is 61.7 Å². The molecule has 0 aliphatic carbocycles. The number of unbranched alkanes of at least 4 members (excludes halogenated alkanes) is 1. The van der Waals surface area contributed by atoms with Gasteiger partial charge in [-0.3, -0.25) is 9.36 Å². The minimum absolute atomic E-state index is 0.0601. The van der Waals surface area contributed by atoms with Crippen molar-refractivity contribution in [2.45, 2.75) is 89.4 Å². The first-order valence-electron chi connectivity index (χ1n) is 16.5. The van der Waals surface area contributed by atoms with Gasteiger partial charge in [-0.15, -0.1) is 0 Å². The third-order valence-electron chi connectivity index (χ3n) is 8.87. The Kier molecular flexibility index (Phi) is 10.4. The summed E-state index contributed by atoms with van der Waals surface area (Å²) in [6, 6.07) is 13.1. The van der Waals surface area contributed by atoms with Gasteiger partial charge in [-0.05, 0) is 83.2 Å². The van der Waals surface area contributed by atoms with Crippen LogP contribution in [0.25, 0.3) is 21.9 Å². The third kappa shape index (κ3) is 7.87. The molecule has 2 aromatic heterocycles. The number of carbonyl (C=O) groups excluding carboxylic acids is 3. The fourth-order valence-electron chi connectivity index (χ4n) is 6.43. The van der Waals surface area contributed by atoms with Crippen molar-refractivity contribution >= 4 is 39.8 Å². The number of ether oxygens (including phenoxy) is 1. The highest BCUT2D eigenvalue weighted by atomic mass is 16.6. The zero-order valence-electron chi connectivity index (χ0n) is 27.7. The van der Waals surface area contributed by atoms with Crippen molar-refractivity contribution in [1.29, 1.82) is 0 Å². The van der Waals surface area contributed by atoms with Gasteiger partial charge < -0.3 is 36.0 Å². The molecule has 0 radical (unpaired) electrons. The number of amides is 3. The molecule has 1 aliphatic rings. The van der Waals surface area contributed by atoms with E-state index < -0.39 is 35.5 Å². The molecule has 3 heterocycles. The number of imidazole rings is 1. The number of hydrogen-bond donors (Lipinski definition) is 5. The van der Waals surface area contributed by atoms with Gasteiger partial charge in [0.1, 0.15) is 17.7 Å². The van der Waals surface area contributed by atoms with Crippen LogP contribution in [0, 0.1) is 0 Å². The molecule has 0 unspecified atom stereocenters. The Bertz CT molecular complexity index is 1760. The molecule has 1 saturated heterocycles. The predicted molar refractivity (Wildman–Crippen MR) is 182 cm³/mol. The monoisotopic (exact) mass is 645 g/mol. The first-order chi connectivity index (χ1) is 22.5. The van der Waals surface area contributed by atoms with E-state index in [0.717, 1.165) is 27.5 Å². The zero-order valence-corrected chi connectivity index (χ0v) is 27.7. The van der Waals surface area contributed by atoms with Crippen molar-refractivity contribution < 1.29 is 19.1 Å². The summed E-state index contributed by atoms with van der Waals surface area (Å²) in [5, 5.41) is 6.86. The summed E-state index contributed by atoms with van der Waals surface area (Å²) in [7, 11) is 0. The Hall–Kier alpha value is -4.58. The quantitative estimate of drug-likeness (QED) is 0.121. The summed E-state index contributed by atoms with van der Waals surface area (Å²) >= 11 is 0. The van der Waals surface area contributed by atoms with E-state index in [9.17, 15) is 19.2 Å². The number of piperidine rings is 1. The van der Waals surface area contributed by atoms with Crippen molar-refractivity contribution in [3.63, 3.8) is 0 Å². The number of aromatic amines is 2. The molecule has 12 heteroatoms. The van der Waals surface area contributed by atoms with Gasteiger partial charge in [-0.1, -0.05) is 37.3 Å². The molecule has 6 N–H and O–H groups in total. The predicted octanol–water partition coefficient (Wildman–Crippen LogP) is 4.29. The number of likely N-dealkylation sites (tertiary alicyclic amines) is 1. The van der Waals surface area contributed by atoms with Crippen LogP contribution in [-0.4, -0.2) is 74.7 Å². The minimum atomic E-state index is -0.991. The van der Waals surface area contributed by atoms with Crippen LogP contribution < -0.4 is 22.1 Å². The van der Waals surface area contributed by atoms with Crippen molar-refractivity contribution in [3.05, 3.63) is 70.8 Å². The van der Waals surface area contributed by atoms with Crippen molar-refractivity contribution in [2.75, 3.05) is 19.6 Å². The van der Waals surface area contributed by atoms with E-state index in [-0.39, 0.29) is 17.8 Å². The van der Waals surface area contributed by atoms with Crippen LogP contribution in [0.15, 0.2) is 59.5 Å². The number of aromatic nitrogens is 3. The molecular formula is C35H47N7O5. The van der Waals surface area contributed by atoms with Gasteiger partial charge in [-0.25, -0.2) is 14.4 Å². The lowest BCUT2D eigenvalue weighted by molar-refractivity contribution is -0.159. The van der Waals surface area contributed by atoms with E-state index in [4.69, 9.17) is 10.5 Å². The van der Waals surface area contributed by atoms with E-state index in [0.29, 0.717) is 51.7 Å². The van der Waals surface area contributed by atoms with Gasteiger partial charge >= 0.3 is 17.7 Å². The average molecular weight is 646 g/mol. The van der Waals surface area contributed by atoms with E-state index in [1.165, 1.54) is 0 Å². The van der Waals surface area contributed by atoms with Gasteiger partial charge in [0.2, 0.25) is 5.91 Å². The summed E-state index contributed by atoms with van der Waals surface area (Å²) in [5.41, 5.74) is 8.22. The number of urea groups is 1. The number of benzene rings is 2. The smallest absolute Gasteiger partial charge is 0.329 e. The summed E-state index contributed by atoms with van der Waals surface area (Å²) in [6.07, 6.45) is 4.73. The maximum Gasteiger partial charge on any atom is 0.329 e. The standard InChI is InChI=1S/C35H47N7O5/c1-22(25-21-37-26-12-6-5-11-24(25)26)30(31(43)38-28(14-9-10-18-36)32(44)47-35(2,3)4)40-33(45)41-19-16-23(17-20-41)42-29-15-8-7-13-27(29)39-34(42)46/h5-8,11-13,15,21-23,28,30,37H,9-10,14,16-20,36H2,1-4H3,(H,38,43)(H,39,46)(H,40,45)/t22-,28-,30-/m0/s1. The third-order valence-corrected chi connectivity index (χ3v) is 8.87. The number of fused-ring (bicyclic) bond motifs is 2. The van der Waals surface area contributed by atoms with E-state index >= 15 is 0 Å². The molecule has 12 nitrogen and oxygen atoms in total. The average Bonchev–Trinajstić information content (AvgIpc) is 3.62. The van der Waals surface area contributed by atoms with Gasteiger partial charge in [0.05, 0.1) is 11.0 Å². The highest BCUT2D eigenvalue weighted by Gasteiger charge is 2.35. The fraction of sp³-hybridized carbons (Fsp3) is 0.486. The van der Waals surface area contributed by atoms with E-state index in [1.54, 1.807) is 30.2 Å². The van der Waals surface area contributed by atoms with E-state index in [2.05, 4.69) is 20.6 Å². The zero-order chi connectivity index (χ0) is 33.7. The van der Waals surface area contributed by atoms with Crippen molar-refractivity contribution in [2.24, 2.45) is 5.73 Å². The highest BCUT2D eigenvalue weighted by molar-refractivity contribution is 5.92. The van der Waals surface area contributed by atoms with Crippen molar-refractivity contribution in [1.82, 2.24) is 30.1 Å². The van der Waals surface area contributed by atoms with Crippen LogP contribution in [0.2, 0.25) is 0 Å². The molecule has 3 amide bonds. The van der Waals surface area contributed by atoms with Gasteiger partial charge in [0.25, 0.3) is 0 Å². The molecule has 1 fully saturated rings. The lowest BCUT2D eigenvalue weighted by Crippen LogP contribution is -2.57. The Morgan fingerprint density at radius 1 is 1.00 bits per heavy atom. The number of rotatable bonds is 11. The first kappa shape index (κ1) is 33.8. The summed E-state index contributed by atoms with van der Waals surface area (Å²) in [6.45, 7) is 8.54. The molecule has 1 aliphatic heterocycles. The van der Waals surface area contributed by atoms with Gasteiger partial charge in [0.15, 0.2) is 0 Å². The number of esters is 1. The molecule has 3 atom stereocenters. The number of para-hydroxylation sites is 3. The lowest BCUT2D eigenvalue weighted by atomic mass is 9.91. The Labute approximate surface area is 274 Å². The second-order valence-corrected chi connectivity index (χ2v) is 13.4. The SMILES string of the molecule is C[C@@H](c1c[nH]c2ccccc12)[C@H](NC(=O)N1CCC(n2c(=O)[nH]c3ccccc32)CC1)C(=O)N[C@@H](CCCCN)C(=O)OC(C)(C)C. The second-order valence-electron chi connectivity index (χ2n) is 13.4. The molecule has 0 spiro atoms. The number of H-pyrrole nitrogens is 2. The first-order valence-corrected chi connectivity index (χ1v) is 16.5. The summed E-state index contributed by atoms with van der Waals surface area (Å²) in [4.78, 5) is 61.7. The summed E-state index contributed by atoms with van der Waals surface area (Å²) < 4.78 is 7.42. The molecule has 2 aromatic carbocycles. The molecule has 252 valence electrons. The van der Waals surface area contributed by atoms with Crippen LogP contribution >= 0.6 is 0 Å². The maximum absolute atomic E-state index is 14.1. The highest BCUT2D eigenvalue weighted by Crippen LogP contribution is 2.29. The molecule has 5 rings (SSSR count). The van der Waals surface area contributed by atoms with Gasteiger partial charge in [-0.2, -0.15) is 0 Å². The number of hydrogen-bond acceptors (Lipinski definition) is 6. The number of nitrogens with one attached hydrogen (secondary N) is 4. The molecule has 0 saturated carbocycles. The topological polar surface area (TPSA) is 167 Å². The van der Waals surface area contributed by atoms with Crippen molar-refractivity contribution in [3.8, 4) is 0 Å². The fourth-order valence-corrected chi connectivity index (χ4v) is 6.43. The minimum Gasteiger partial charge on any atom is -0.458 e. The molecule has 47 heavy (non-hydrogen) atoms. The maximum atomic E-state index is 14.1. The molecular weight excluding hydrogens is 598 g/mol. The molecule has 4 aromatic rings. The number of nitrogens with two attached hydrogens (primary N) is 1. The summed E-state index contributed by atoms with van der Waals surface area (Å²) in [5.74, 6) is -1.44. The van der Waals surface area contributed by atoms with Crippen LogP contribution in [0.5, 0.6) is 0 Å². The number of nitrogens with zero attached hydrogens (tertiary/aromatic N) is 2. The molecule has 0 bridgehead atoms. The van der Waals surface area contributed by atoms with Crippen LogP contribution in [-0.2, 0) is 14.3 Å². The van der Waals surface area contributed by atoms with Crippen LogP contribution in [0.1, 0.15) is 77.3 Å². The van der Waals surface area contributed by atoms with Crippen LogP contribution in [0.3, 0.4) is 0 Å². The Balaban J connectivity index is 1.35. The Morgan fingerprint density at radius 3 is 2.38 bits per heavy atom. The second kappa shape index (κ2) is 14.5. The lowest BCUT2D eigenvalue weighted by Gasteiger charge is -2.34.